The van der Waals surface area contributed by atoms with Crippen molar-refractivity contribution in [3.8, 4) is 0 Å². The third kappa shape index (κ3) is 3.98. The molecule has 0 bridgehead atoms. The average Bonchev–Trinajstić information content (AvgIpc) is 2.47. The summed E-state index contributed by atoms with van der Waals surface area (Å²) in [7, 11) is 1.50. The molecule has 21 heavy (non-hydrogen) atoms. The van der Waals surface area contributed by atoms with Crippen molar-refractivity contribution in [2.24, 2.45) is 5.92 Å². The number of amides is 1. The fourth-order valence-corrected chi connectivity index (χ4v) is 3.92. The zero-order chi connectivity index (χ0) is 15.5. The lowest BCUT2D eigenvalue weighted by atomic mass is 9.92. The van der Waals surface area contributed by atoms with E-state index in [1.807, 2.05) is 0 Å². The van der Waals surface area contributed by atoms with Gasteiger partial charge in [0.15, 0.2) is 0 Å². The molecule has 4 nitrogen and oxygen atoms in total. The standard InChI is InChI=1S/C15H20ClNO3S/c1-2-5-12-8-10-17(11-9-12)15(18)13-6-3-4-7-14(13)21(16,19)20/h3-4,6-7,12H,2,5,8-11H2,1H3. The minimum atomic E-state index is -3.91. The summed E-state index contributed by atoms with van der Waals surface area (Å²) in [5.74, 6) is 0.427. The van der Waals surface area contributed by atoms with Gasteiger partial charge in [-0.15, -0.1) is 0 Å². The highest BCUT2D eigenvalue weighted by atomic mass is 35.7. The first-order valence-corrected chi connectivity index (χ1v) is 9.57. The molecule has 1 heterocycles. The molecule has 0 N–H and O–H groups in total. The van der Waals surface area contributed by atoms with Gasteiger partial charge in [0.2, 0.25) is 0 Å². The Morgan fingerprint density at radius 3 is 2.48 bits per heavy atom. The van der Waals surface area contributed by atoms with Gasteiger partial charge in [-0.3, -0.25) is 4.79 Å². The number of carbonyl (C=O) groups excluding carboxylic acids is 1. The van der Waals surface area contributed by atoms with Gasteiger partial charge in [0.05, 0.1) is 10.5 Å². The summed E-state index contributed by atoms with van der Waals surface area (Å²) in [5.41, 5.74) is 0.168. The summed E-state index contributed by atoms with van der Waals surface area (Å²) in [6.45, 7) is 3.53. The van der Waals surface area contributed by atoms with E-state index in [2.05, 4.69) is 6.92 Å². The Balaban J connectivity index is 2.15. The third-order valence-corrected chi connectivity index (χ3v) is 5.36. The fourth-order valence-electron chi connectivity index (χ4n) is 2.86. The largest absolute Gasteiger partial charge is 0.339 e. The second kappa shape index (κ2) is 6.79. The molecule has 1 saturated heterocycles. The molecule has 2 rings (SSSR count). The SMILES string of the molecule is CCCC1CCN(C(=O)c2ccccc2S(=O)(=O)Cl)CC1. The van der Waals surface area contributed by atoms with Crippen LogP contribution in [0, 0.1) is 5.92 Å². The van der Waals surface area contributed by atoms with Crippen molar-refractivity contribution in [3.63, 3.8) is 0 Å². The van der Waals surface area contributed by atoms with E-state index in [-0.39, 0.29) is 16.4 Å². The maximum absolute atomic E-state index is 12.5. The first-order chi connectivity index (χ1) is 9.93. The zero-order valence-corrected chi connectivity index (χ0v) is 13.7. The second-order valence-corrected chi connectivity index (χ2v) is 7.99. The molecule has 1 fully saturated rings. The van der Waals surface area contributed by atoms with Crippen LogP contribution in [0.5, 0.6) is 0 Å². The summed E-state index contributed by atoms with van der Waals surface area (Å²) in [5, 5.41) is 0. The highest BCUT2D eigenvalue weighted by Gasteiger charge is 2.27. The van der Waals surface area contributed by atoms with Crippen LogP contribution in [0.25, 0.3) is 0 Å². The highest BCUT2D eigenvalue weighted by Crippen LogP contribution is 2.25. The first kappa shape index (κ1) is 16.3. The van der Waals surface area contributed by atoms with Crippen molar-refractivity contribution in [3.05, 3.63) is 29.8 Å². The van der Waals surface area contributed by atoms with Gasteiger partial charge in [-0.05, 0) is 30.9 Å². The molecule has 6 heteroatoms. The predicted octanol–water partition coefficient (Wildman–Crippen LogP) is 3.27. The maximum atomic E-state index is 12.5. The molecule has 0 saturated carbocycles. The first-order valence-electron chi connectivity index (χ1n) is 7.26. The van der Waals surface area contributed by atoms with E-state index < -0.39 is 9.05 Å². The number of halogens is 1. The number of rotatable bonds is 4. The van der Waals surface area contributed by atoms with Crippen molar-refractivity contribution in [1.29, 1.82) is 0 Å². The molecule has 0 atom stereocenters. The third-order valence-electron chi connectivity index (χ3n) is 3.98. The minimum Gasteiger partial charge on any atom is -0.339 e. The molecule has 1 aliphatic heterocycles. The number of benzene rings is 1. The van der Waals surface area contributed by atoms with E-state index in [0.29, 0.717) is 19.0 Å². The Kier molecular flexibility index (Phi) is 5.27. The normalized spacial score (nSPS) is 17.0. The van der Waals surface area contributed by atoms with Crippen LogP contribution in [-0.2, 0) is 9.05 Å². The number of piperidine rings is 1. The van der Waals surface area contributed by atoms with Gasteiger partial charge in [-0.2, -0.15) is 0 Å². The predicted molar refractivity (Wildman–Crippen MR) is 83.0 cm³/mol. The highest BCUT2D eigenvalue weighted by molar-refractivity contribution is 8.13. The lowest BCUT2D eigenvalue weighted by Crippen LogP contribution is -2.38. The molecular weight excluding hydrogens is 310 g/mol. The van der Waals surface area contributed by atoms with E-state index in [1.165, 1.54) is 18.6 Å². The maximum Gasteiger partial charge on any atom is 0.262 e. The Morgan fingerprint density at radius 1 is 1.29 bits per heavy atom. The average molecular weight is 330 g/mol. The minimum absolute atomic E-state index is 0.104. The molecule has 1 aliphatic rings. The van der Waals surface area contributed by atoms with Crippen LogP contribution in [0.4, 0.5) is 0 Å². The van der Waals surface area contributed by atoms with Crippen molar-refractivity contribution in [2.45, 2.75) is 37.5 Å². The van der Waals surface area contributed by atoms with Crippen LogP contribution in [0.2, 0.25) is 0 Å². The van der Waals surface area contributed by atoms with Gasteiger partial charge in [-0.1, -0.05) is 31.9 Å². The molecule has 1 aromatic rings. The van der Waals surface area contributed by atoms with Gasteiger partial charge < -0.3 is 4.90 Å². The monoisotopic (exact) mass is 329 g/mol. The second-order valence-electron chi connectivity index (χ2n) is 5.46. The molecule has 0 spiro atoms. The summed E-state index contributed by atoms with van der Waals surface area (Å²) >= 11 is 0. The molecule has 1 aromatic carbocycles. The fraction of sp³-hybridized carbons (Fsp3) is 0.533. The Bertz CT molecular complexity index is 607. The van der Waals surface area contributed by atoms with Crippen LogP contribution in [0.1, 0.15) is 43.0 Å². The van der Waals surface area contributed by atoms with Gasteiger partial charge in [0.25, 0.3) is 15.0 Å². The van der Waals surface area contributed by atoms with Gasteiger partial charge >= 0.3 is 0 Å². The summed E-state index contributed by atoms with van der Waals surface area (Å²) in [6, 6.07) is 6.12. The van der Waals surface area contributed by atoms with Crippen molar-refractivity contribution < 1.29 is 13.2 Å². The van der Waals surface area contributed by atoms with Crippen molar-refractivity contribution >= 4 is 25.6 Å². The van der Waals surface area contributed by atoms with Crippen LogP contribution in [-0.4, -0.2) is 32.3 Å². The van der Waals surface area contributed by atoms with Crippen LogP contribution >= 0.6 is 10.7 Å². The topological polar surface area (TPSA) is 54.5 Å². The van der Waals surface area contributed by atoms with E-state index in [4.69, 9.17) is 10.7 Å². The molecule has 0 aliphatic carbocycles. The molecule has 116 valence electrons. The smallest absolute Gasteiger partial charge is 0.262 e. The summed E-state index contributed by atoms with van der Waals surface area (Å²) in [6.07, 6.45) is 4.31. The number of hydrogen-bond donors (Lipinski definition) is 0. The molecular formula is C15H20ClNO3S. The Hall–Kier alpha value is -1.07. The molecule has 1 amide bonds. The number of carbonyl (C=O) groups is 1. The van der Waals surface area contributed by atoms with Crippen molar-refractivity contribution in [1.82, 2.24) is 4.90 Å². The quantitative estimate of drug-likeness (QED) is 0.797. The molecule has 0 aromatic heterocycles. The lowest BCUT2D eigenvalue weighted by Gasteiger charge is -2.32. The van der Waals surface area contributed by atoms with E-state index in [0.717, 1.165) is 19.3 Å². The summed E-state index contributed by atoms with van der Waals surface area (Å²) in [4.78, 5) is 14.2. The van der Waals surface area contributed by atoms with Crippen molar-refractivity contribution in [2.75, 3.05) is 13.1 Å². The van der Waals surface area contributed by atoms with Gasteiger partial charge in [0.1, 0.15) is 0 Å². The molecule has 0 unspecified atom stereocenters. The van der Waals surface area contributed by atoms with Gasteiger partial charge in [0, 0.05) is 23.8 Å². The van der Waals surface area contributed by atoms with Gasteiger partial charge in [-0.25, -0.2) is 8.42 Å². The molecule has 0 radical (unpaired) electrons. The lowest BCUT2D eigenvalue weighted by molar-refractivity contribution is 0.0682. The zero-order valence-electron chi connectivity index (χ0n) is 12.1. The van der Waals surface area contributed by atoms with Crippen LogP contribution in [0.15, 0.2) is 29.2 Å². The van der Waals surface area contributed by atoms with E-state index >= 15 is 0 Å². The Morgan fingerprint density at radius 2 is 1.90 bits per heavy atom. The van der Waals surface area contributed by atoms with Crippen LogP contribution in [0.3, 0.4) is 0 Å². The Labute approximate surface area is 130 Å². The van der Waals surface area contributed by atoms with E-state index in [9.17, 15) is 13.2 Å². The number of likely N-dealkylation sites (tertiary alicyclic amines) is 1. The van der Waals surface area contributed by atoms with Crippen LogP contribution < -0.4 is 0 Å². The number of nitrogens with zero attached hydrogens (tertiary/aromatic N) is 1. The number of hydrogen-bond acceptors (Lipinski definition) is 3. The van der Waals surface area contributed by atoms with E-state index in [1.54, 1.807) is 17.0 Å². The summed E-state index contributed by atoms with van der Waals surface area (Å²) < 4.78 is 23.1.